The van der Waals surface area contributed by atoms with E-state index >= 15 is 0 Å². The SMILES string of the molecule is Cc1cccc2c1C[C@@H](C(=O)NCC(=O)O)N1C(=O)CC[C@H]21. The van der Waals surface area contributed by atoms with Crippen LogP contribution in [-0.4, -0.2) is 40.4 Å². The standard InChI is InChI=1S/C16H18N2O4/c1-9-3-2-4-10-11(9)7-13(16(22)17-8-15(20)21)18-12(10)5-6-14(18)19/h2-4,12-13H,5-8H2,1H3,(H,17,22)(H,20,21)/t12-,13+/m1/s1. The lowest BCUT2D eigenvalue weighted by Gasteiger charge is -2.39. The molecule has 2 aliphatic heterocycles. The molecule has 2 N–H and O–H groups in total. The molecule has 2 atom stereocenters. The summed E-state index contributed by atoms with van der Waals surface area (Å²) >= 11 is 0. The quantitative estimate of drug-likeness (QED) is 0.864. The second kappa shape index (κ2) is 5.44. The lowest BCUT2D eigenvalue weighted by molar-refractivity contribution is -0.142. The highest BCUT2D eigenvalue weighted by molar-refractivity contribution is 5.91. The maximum absolute atomic E-state index is 12.3. The minimum Gasteiger partial charge on any atom is -0.480 e. The van der Waals surface area contributed by atoms with Gasteiger partial charge in [-0.25, -0.2) is 0 Å². The fraction of sp³-hybridized carbons (Fsp3) is 0.438. The van der Waals surface area contributed by atoms with Gasteiger partial charge in [-0.15, -0.1) is 0 Å². The number of aryl methyl sites for hydroxylation is 1. The molecule has 3 rings (SSSR count). The van der Waals surface area contributed by atoms with Crippen LogP contribution in [0.2, 0.25) is 0 Å². The normalized spacial score (nSPS) is 23.0. The summed E-state index contributed by atoms with van der Waals surface area (Å²) in [5, 5.41) is 11.1. The van der Waals surface area contributed by atoms with Crippen LogP contribution in [0.1, 0.15) is 35.6 Å². The highest BCUT2D eigenvalue weighted by Crippen LogP contribution is 2.41. The van der Waals surface area contributed by atoms with Crippen LogP contribution in [0.4, 0.5) is 0 Å². The van der Waals surface area contributed by atoms with E-state index in [0.717, 1.165) is 16.7 Å². The number of fused-ring (bicyclic) bond motifs is 3. The summed E-state index contributed by atoms with van der Waals surface area (Å²) < 4.78 is 0. The summed E-state index contributed by atoms with van der Waals surface area (Å²) in [5.74, 6) is -1.52. The third kappa shape index (κ3) is 2.34. The zero-order valence-electron chi connectivity index (χ0n) is 12.3. The second-order valence-electron chi connectivity index (χ2n) is 5.83. The van der Waals surface area contributed by atoms with Gasteiger partial charge >= 0.3 is 5.97 Å². The molecule has 1 aromatic rings. The number of hydrogen-bond donors (Lipinski definition) is 2. The van der Waals surface area contributed by atoms with E-state index in [-0.39, 0.29) is 11.9 Å². The number of carboxylic acid groups (broad SMARTS) is 1. The molecule has 2 aliphatic rings. The number of aliphatic carboxylic acids is 1. The van der Waals surface area contributed by atoms with Crippen molar-refractivity contribution in [3.63, 3.8) is 0 Å². The summed E-state index contributed by atoms with van der Waals surface area (Å²) in [6.45, 7) is 1.57. The molecule has 0 spiro atoms. The highest BCUT2D eigenvalue weighted by Gasteiger charge is 2.44. The van der Waals surface area contributed by atoms with Gasteiger partial charge in [-0.2, -0.15) is 0 Å². The van der Waals surface area contributed by atoms with E-state index in [9.17, 15) is 14.4 Å². The maximum Gasteiger partial charge on any atom is 0.322 e. The number of hydrogen-bond acceptors (Lipinski definition) is 3. The molecule has 116 valence electrons. The number of benzene rings is 1. The van der Waals surface area contributed by atoms with Crippen LogP contribution in [0, 0.1) is 6.92 Å². The molecule has 2 amide bonds. The molecule has 0 saturated carbocycles. The predicted molar refractivity (Wildman–Crippen MR) is 78.1 cm³/mol. The number of rotatable bonds is 3. The summed E-state index contributed by atoms with van der Waals surface area (Å²) in [6.07, 6.45) is 1.58. The Kier molecular flexibility index (Phi) is 3.60. The molecular weight excluding hydrogens is 284 g/mol. The Labute approximate surface area is 128 Å². The third-order valence-electron chi connectivity index (χ3n) is 4.51. The number of amides is 2. The first kappa shape index (κ1) is 14.6. The van der Waals surface area contributed by atoms with Crippen molar-refractivity contribution >= 4 is 17.8 Å². The third-order valence-corrected chi connectivity index (χ3v) is 4.51. The Morgan fingerprint density at radius 3 is 2.91 bits per heavy atom. The number of carbonyl (C=O) groups excluding carboxylic acids is 2. The van der Waals surface area contributed by atoms with Crippen molar-refractivity contribution in [1.82, 2.24) is 10.2 Å². The van der Waals surface area contributed by atoms with Gasteiger partial charge in [0.1, 0.15) is 12.6 Å². The van der Waals surface area contributed by atoms with Gasteiger partial charge in [0.05, 0.1) is 6.04 Å². The average molecular weight is 302 g/mol. The van der Waals surface area contributed by atoms with Crippen LogP contribution in [0.5, 0.6) is 0 Å². The zero-order chi connectivity index (χ0) is 15.9. The minimum absolute atomic E-state index is 0.0346. The Morgan fingerprint density at radius 1 is 1.41 bits per heavy atom. The van der Waals surface area contributed by atoms with Crippen LogP contribution in [0.25, 0.3) is 0 Å². The smallest absolute Gasteiger partial charge is 0.322 e. The van der Waals surface area contributed by atoms with Crippen molar-refractivity contribution in [2.45, 2.75) is 38.3 Å². The molecule has 0 bridgehead atoms. The lowest BCUT2D eigenvalue weighted by Crippen LogP contribution is -2.52. The summed E-state index contributed by atoms with van der Waals surface area (Å²) in [6, 6.07) is 5.30. The topological polar surface area (TPSA) is 86.7 Å². The van der Waals surface area contributed by atoms with E-state index < -0.39 is 24.5 Å². The van der Waals surface area contributed by atoms with Gasteiger partial charge in [-0.3, -0.25) is 14.4 Å². The molecule has 1 aromatic carbocycles. The first-order chi connectivity index (χ1) is 10.5. The Bertz CT molecular complexity index is 656. The summed E-state index contributed by atoms with van der Waals surface area (Å²) in [5.41, 5.74) is 3.33. The van der Waals surface area contributed by atoms with E-state index in [4.69, 9.17) is 5.11 Å². The van der Waals surface area contributed by atoms with Gasteiger partial charge in [0.25, 0.3) is 0 Å². The largest absolute Gasteiger partial charge is 0.480 e. The number of carbonyl (C=O) groups is 3. The van der Waals surface area contributed by atoms with E-state index in [1.807, 2.05) is 25.1 Å². The fourth-order valence-corrected chi connectivity index (χ4v) is 3.51. The molecule has 22 heavy (non-hydrogen) atoms. The van der Waals surface area contributed by atoms with Crippen molar-refractivity contribution in [1.29, 1.82) is 0 Å². The number of nitrogens with one attached hydrogen (secondary N) is 1. The van der Waals surface area contributed by atoms with Crippen LogP contribution in [-0.2, 0) is 20.8 Å². The molecule has 0 radical (unpaired) electrons. The predicted octanol–water partition coefficient (Wildman–Crippen LogP) is 0.784. The van der Waals surface area contributed by atoms with Crippen molar-refractivity contribution in [3.05, 3.63) is 34.9 Å². The van der Waals surface area contributed by atoms with Gasteiger partial charge < -0.3 is 15.3 Å². The van der Waals surface area contributed by atoms with Crippen LogP contribution >= 0.6 is 0 Å². The molecule has 6 heteroatoms. The van der Waals surface area contributed by atoms with Crippen LogP contribution in [0.15, 0.2) is 18.2 Å². The molecular formula is C16H18N2O4. The van der Waals surface area contributed by atoms with E-state index in [2.05, 4.69) is 5.32 Å². The molecule has 1 saturated heterocycles. The van der Waals surface area contributed by atoms with Crippen LogP contribution < -0.4 is 5.32 Å². The van der Waals surface area contributed by atoms with Gasteiger partial charge in [-0.05, 0) is 30.0 Å². The van der Waals surface area contributed by atoms with Crippen LogP contribution in [0.3, 0.4) is 0 Å². The Hall–Kier alpha value is -2.37. The monoisotopic (exact) mass is 302 g/mol. The first-order valence-electron chi connectivity index (χ1n) is 7.38. The Balaban J connectivity index is 1.94. The van der Waals surface area contributed by atoms with Gasteiger partial charge in [0.2, 0.25) is 11.8 Å². The minimum atomic E-state index is -1.09. The van der Waals surface area contributed by atoms with E-state index in [1.54, 1.807) is 4.90 Å². The van der Waals surface area contributed by atoms with E-state index in [1.165, 1.54) is 0 Å². The second-order valence-corrected chi connectivity index (χ2v) is 5.83. The molecule has 6 nitrogen and oxygen atoms in total. The zero-order valence-corrected chi connectivity index (χ0v) is 12.3. The van der Waals surface area contributed by atoms with Crippen molar-refractivity contribution in [2.75, 3.05) is 6.54 Å². The molecule has 2 heterocycles. The van der Waals surface area contributed by atoms with Crippen molar-refractivity contribution in [2.24, 2.45) is 0 Å². The fourth-order valence-electron chi connectivity index (χ4n) is 3.51. The van der Waals surface area contributed by atoms with Gasteiger partial charge in [0.15, 0.2) is 0 Å². The van der Waals surface area contributed by atoms with Gasteiger partial charge in [-0.1, -0.05) is 18.2 Å². The summed E-state index contributed by atoms with van der Waals surface area (Å²) in [7, 11) is 0. The van der Waals surface area contributed by atoms with E-state index in [0.29, 0.717) is 19.3 Å². The van der Waals surface area contributed by atoms with Crippen molar-refractivity contribution < 1.29 is 19.5 Å². The number of carboxylic acids is 1. The molecule has 0 unspecified atom stereocenters. The molecule has 1 fully saturated rings. The molecule has 0 aliphatic carbocycles. The van der Waals surface area contributed by atoms with Crippen molar-refractivity contribution in [3.8, 4) is 0 Å². The summed E-state index contributed by atoms with van der Waals surface area (Å²) in [4.78, 5) is 36.8. The first-order valence-corrected chi connectivity index (χ1v) is 7.38. The van der Waals surface area contributed by atoms with Gasteiger partial charge in [0, 0.05) is 12.8 Å². The Morgan fingerprint density at radius 2 is 2.18 bits per heavy atom. The molecule has 0 aromatic heterocycles. The lowest BCUT2D eigenvalue weighted by atomic mass is 9.86. The average Bonchev–Trinajstić information content (AvgIpc) is 2.87. The highest BCUT2D eigenvalue weighted by atomic mass is 16.4. The number of nitrogens with zero attached hydrogens (tertiary/aromatic N) is 1. The maximum atomic E-state index is 12.3.